The van der Waals surface area contributed by atoms with Gasteiger partial charge in [-0.15, -0.1) is 0 Å². The first-order chi connectivity index (χ1) is 8.16. The van der Waals surface area contributed by atoms with Crippen LogP contribution in [-0.4, -0.2) is 36.2 Å². The Morgan fingerprint density at radius 2 is 2.35 bits per heavy atom. The van der Waals surface area contributed by atoms with Gasteiger partial charge in [0.15, 0.2) is 0 Å². The van der Waals surface area contributed by atoms with Crippen LogP contribution in [-0.2, 0) is 6.54 Å². The van der Waals surface area contributed by atoms with Gasteiger partial charge in [0.2, 0.25) is 0 Å². The van der Waals surface area contributed by atoms with Gasteiger partial charge in [0.25, 0.3) is 0 Å². The average Bonchev–Trinajstić information content (AvgIpc) is 2.35. The molecule has 0 saturated carbocycles. The molecule has 1 aliphatic rings. The zero-order valence-corrected chi connectivity index (χ0v) is 10.1. The topological polar surface area (TPSA) is 35.5 Å². The maximum absolute atomic E-state index is 13.1. The normalized spacial score (nSPS) is 20.8. The fourth-order valence-corrected chi connectivity index (χ4v) is 2.29. The third-order valence-corrected chi connectivity index (χ3v) is 3.36. The van der Waals surface area contributed by atoms with Crippen LogP contribution in [0.4, 0.5) is 4.39 Å². The van der Waals surface area contributed by atoms with Crippen molar-refractivity contribution in [3.05, 3.63) is 29.6 Å². The average molecular weight is 238 g/mol. The van der Waals surface area contributed by atoms with Crippen LogP contribution in [0.5, 0.6) is 5.75 Å². The van der Waals surface area contributed by atoms with E-state index in [0.29, 0.717) is 18.2 Å². The van der Waals surface area contributed by atoms with Crippen molar-refractivity contribution in [3.8, 4) is 5.75 Å². The van der Waals surface area contributed by atoms with Crippen LogP contribution in [0.2, 0.25) is 0 Å². The maximum Gasteiger partial charge on any atom is 0.123 e. The molecule has 1 saturated heterocycles. The van der Waals surface area contributed by atoms with Crippen LogP contribution in [0.1, 0.15) is 18.4 Å². The van der Waals surface area contributed by atoms with Crippen molar-refractivity contribution < 1.29 is 9.50 Å². The Hall–Kier alpha value is -1.13. The van der Waals surface area contributed by atoms with Gasteiger partial charge in [-0.25, -0.2) is 4.39 Å². The summed E-state index contributed by atoms with van der Waals surface area (Å²) in [5.74, 6) is -0.130. The summed E-state index contributed by atoms with van der Waals surface area (Å²) in [6, 6.07) is 4.56. The first kappa shape index (κ1) is 12.3. The van der Waals surface area contributed by atoms with Crippen LogP contribution in [0.3, 0.4) is 0 Å². The smallest absolute Gasteiger partial charge is 0.123 e. The number of piperidine rings is 1. The SMILES string of the molecule is CN(Cc1cc(F)ccc1O)C1CCCNC1. The van der Waals surface area contributed by atoms with Gasteiger partial charge in [-0.1, -0.05) is 0 Å². The fourth-order valence-electron chi connectivity index (χ4n) is 2.29. The molecule has 0 spiro atoms. The predicted octanol–water partition coefficient (Wildman–Crippen LogP) is 1.72. The van der Waals surface area contributed by atoms with E-state index in [-0.39, 0.29) is 11.6 Å². The molecule has 4 heteroatoms. The molecule has 0 radical (unpaired) electrons. The molecule has 2 rings (SSSR count). The van der Waals surface area contributed by atoms with E-state index in [2.05, 4.69) is 10.2 Å². The molecule has 1 aliphatic heterocycles. The maximum atomic E-state index is 13.1. The molecule has 0 aromatic heterocycles. The lowest BCUT2D eigenvalue weighted by Gasteiger charge is -2.31. The lowest BCUT2D eigenvalue weighted by Crippen LogP contribution is -2.43. The largest absolute Gasteiger partial charge is 0.508 e. The Balaban J connectivity index is 2.01. The lowest BCUT2D eigenvalue weighted by molar-refractivity contribution is 0.194. The molecule has 1 fully saturated rings. The van der Waals surface area contributed by atoms with Crippen molar-refractivity contribution in [1.82, 2.24) is 10.2 Å². The third-order valence-electron chi connectivity index (χ3n) is 3.36. The number of benzene rings is 1. The number of phenolic OH excluding ortho intramolecular Hbond substituents is 1. The summed E-state index contributed by atoms with van der Waals surface area (Å²) in [7, 11) is 2.02. The first-order valence-corrected chi connectivity index (χ1v) is 6.05. The minimum atomic E-state index is -0.298. The highest BCUT2D eigenvalue weighted by Crippen LogP contribution is 2.21. The Morgan fingerprint density at radius 1 is 1.53 bits per heavy atom. The number of hydrogen-bond donors (Lipinski definition) is 2. The summed E-state index contributed by atoms with van der Waals surface area (Å²) in [6.45, 7) is 2.62. The minimum absolute atomic E-state index is 0.169. The molecule has 1 aromatic carbocycles. The van der Waals surface area contributed by atoms with Crippen LogP contribution >= 0.6 is 0 Å². The van der Waals surface area contributed by atoms with E-state index >= 15 is 0 Å². The molecule has 0 bridgehead atoms. The summed E-state index contributed by atoms with van der Waals surface area (Å²) in [6.07, 6.45) is 2.32. The van der Waals surface area contributed by atoms with Crippen molar-refractivity contribution in [2.24, 2.45) is 0 Å². The standard InChI is InChI=1S/C13H19FN2O/c1-16(12-3-2-6-15-8-12)9-10-7-11(14)4-5-13(10)17/h4-5,7,12,15,17H,2-3,6,8-9H2,1H3. The molecule has 2 N–H and O–H groups in total. The van der Waals surface area contributed by atoms with Gasteiger partial charge < -0.3 is 10.4 Å². The number of phenols is 1. The molecule has 0 amide bonds. The first-order valence-electron chi connectivity index (χ1n) is 6.05. The van der Waals surface area contributed by atoms with Crippen LogP contribution < -0.4 is 5.32 Å². The summed E-state index contributed by atoms with van der Waals surface area (Å²) in [5, 5.41) is 13.0. The molecule has 17 heavy (non-hydrogen) atoms. The number of nitrogens with one attached hydrogen (secondary N) is 1. The Bertz CT molecular complexity index is 378. The van der Waals surface area contributed by atoms with E-state index in [4.69, 9.17) is 0 Å². The number of rotatable bonds is 3. The zero-order valence-electron chi connectivity index (χ0n) is 10.1. The van der Waals surface area contributed by atoms with Crippen molar-refractivity contribution >= 4 is 0 Å². The molecule has 0 aliphatic carbocycles. The monoisotopic (exact) mass is 238 g/mol. The third kappa shape index (κ3) is 3.17. The van der Waals surface area contributed by atoms with Gasteiger partial charge in [-0.3, -0.25) is 4.90 Å². The van der Waals surface area contributed by atoms with Crippen molar-refractivity contribution in [2.75, 3.05) is 20.1 Å². The molecular formula is C13H19FN2O. The van der Waals surface area contributed by atoms with E-state index in [1.54, 1.807) is 0 Å². The van der Waals surface area contributed by atoms with Crippen molar-refractivity contribution in [3.63, 3.8) is 0 Å². The number of halogens is 1. The second-order valence-corrected chi connectivity index (χ2v) is 4.69. The van der Waals surface area contributed by atoms with Gasteiger partial charge in [-0.05, 0) is 44.6 Å². The molecule has 94 valence electrons. The Kier molecular flexibility index (Phi) is 3.97. The summed E-state index contributed by atoms with van der Waals surface area (Å²) in [5.41, 5.74) is 0.651. The predicted molar refractivity (Wildman–Crippen MR) is 65.4 cm³/mol. The van der Waals surface area contributed by atoms with E-state index in [9.17, 15) is 9.50 Å². The van der Waals surface area contributed by atoms with Gasteiger partial charge >= 0.3 is 0 Å². The van der Waals surface area contributed by atoms with Crippen molar-refractivity contribution in [1.29, 1.82) is 0 Å². The number of nitrogens with zero attached hydrogens (tertiary/aromatic N) is 1. The molecule has 1 unspecified atom stereocenters. The van der Waals surface area contributed by atoms with Gasteiger partial charge in [0.05, 0.1) is 0 Å². The summed E-state index contributed by atoms with van der Waals surface area (Å²) >= 11 is 0. The molecule has 1 atom stereocenters. The van der Waals surface area contributed by atoms with Crippen LogP contribution in [0.25, 0.3) is 0 Å². The highest BCUT2D eigenvalue weighted by Gasteiger charge is 2.18. The molecule has 1 heterocycles. The number of aromatic hydroxyl groups is 1. The summed E-state index contributed by atoms with van der Waals surface area (Å²) in [4.78, 5) is 2.17. The minimum Gasteiger partial charge on any atom is -0.508 e. The van der Waals surface area contributed by atoms with E-state index in [1.165, 1.54) is 24.6 Å². The Morgan fingerprint density at radius 3 is 3.06 bits per heavy atom. The van der Waals surface area contributed by atoms with E-state index in [0.717, 1.165) is 19.5 Å². The second kappa shape index (κ2) is 5.47. The van der Waals surface area contributed by atoms with Crippen LogP contribution in [0.15, 0.2) is 18.2 Å². The van der Waals surface area contributed by atoms with Gasteiger partial charge in [0, 0.05) is 24.7 Å². The van der Waals surface area contributed by atoms with E-state index < -0.39 is 0 Å². The lowest BCUT2D eigenvalue weighted by atomic mass is 10.1. The Labute approximate surface area is 101 Å². The second-order valence-electron chi connectivity index (χ2n) is 4.69. The van der Waals surface area contributed by atoms with Gasteiger partial charge in [-0.2, -0.15) is 0 Å². The van der Waals surface area contributed by atoms with Gasteiger partial charge in [0.1, 0.15) is 11.6 Å². The van der Waals surface area contributed by atoms with Crippen molar-refractivity contribution in [2.45, 2.75) is 25.4 Å². The number of hydrogen-bond acceptors (Lipinski definition) is 3. The number of likely N-dealkylation sites (N-methyl/N-ethyl adjacent to an activating group) is 1. The molecule has 1 aromatic rings. The summed E-state index contributed by atoms with van der Waals surface area (Å²) < 4.78 is 13.1. The zero-order chi connectivity index (χ0) is 12.3. The highest BCUT2D eigenvalue weighted by molar-refractivity contribution is 5.32. The molecular weight excluding hydrogens is 219 g/mol. The molecule has 3 nitrogen and oxygen atoms in total. The quantitative estimate of drug-likeness (QED) is 0.841. The van der Waals surface area contributed by atoms with Crippen LogP contribution in [0, 0.1) is 5.82 Å². The fraction of sp³-hybridized carbons (Fsp3) is 0.538. The van der Waals surface area contributed by atoms with E-state index in [1.807, 2.05) is 7.05 Å². The highest BCUT2D eigenvalue weighted by atomic mass is 19.1.